The first-order valence-electron chi connectivity index (χ1n) is 11.6. The highest BCUT2D eigenvalue weighted by atomic mass is 35.5. The molecule has 0 radical (unpaired) electrons. The predicted octanol–water partition coefficient (Wildman–Crippen LogP) is 5.42. The van der Waals surface area contributed by atoms with Gasteiger partial charge in [-0.3, -0.25) is 9.69 Å². The zero-order valence-electron chi connectivity index (χ0n) is 19.4. The van der Waals surface area contributed by atoms with Gasteiger partial charge in [0.05, 0.1) is 12.6 Å². The van der Waals surface area contributed by atoms with Crippen molar-refractivity contribution in [3.8, 4) is 11.4 Å². The SMILES string of the molecule is Cc1ccccc1C(NC(=O)C1CCN(Cc2nc(-c3cccc(Cl)c3)no2)CC1)C(C)C. The number of aromatic nitrogens is 2. The monoisotopic (exact) mass is 466 g/mol. The Balaban J connectivity index is 1.31. The summed E-state index contributed by atoms with van der Waals surface area (Å²) in [5.74, 6) is 1.61. The lowest BCUT2D eigenvalue weighted by molar-refractivity contribution is -0.127. The third-order valence-corrected chi connectivity index (χ3v) is 6.59. The van der Waals surface area contributed by atoms with Crippen LogP contribution in [0.25, 0.3) is 11.4 Å². The number of hydrogen-bond donors (Lipinski definition) is 1. The minimum Gasteiger partial charge on any atom is -0.349 e. The number of piperidine rings is 1. The van der Waals surface area contributed by atoms with E-state index in [1.807, 2.05) is 36.4 Å². The molecule has 1 fully saturated rings. The highest BCUT2D eigenvalue weighted by Gasteiger charge is 2.29. The molecule has 1 N–H and O–H groups in total. The topological polar surface area (TPSA) is 71.3 Å². The Hall–Kier alpha value is -2.70. The van der Waals surface area contributed by atoms with Crippen molar-refractivity contribution < 1.29 is 9.32 Å². The summed E-state index contributed by atoms with van der Waals surface area (Å²) in [5, 5.41) is 8.05. The van der Waals surface area contributed by atoms with E-state index in [1.165, 1.54) is 11.1 Å². The van der Waals surface area contributed by atoms with Crippen LogP contribution in [0.3, 0.4) is 0 Å². The van der Waals surface area contributed by atoms with Gasteiger partial charge in [-0.1, -0.05) is 67.0 Å². The fourth-order valence-corrected chi connectivity index (χ4v) is 4.61. The zero-order chi connectivity index (χ0) is 23.4. The number of likely N-dealkylation sites (tertiary alicyclic amines) is 1. The Morgan fingerprint density at radius 1 is 1.18 bits per heavy atom. The van der Waals surface area contributed by atoms with Crippen LogP contribution in [-0.2, 0) is 11.3 Å². The Bertz CT molecular complexity index is 1090. The molecule has 2 aromatic carbocycles. The number of rotatable bonds is 7. The molecular weight excluding hydrogens is 436 g/mol. The van der Waals surface area contributed by atoms with Crippen molar-refractivity contribution in [3.63, 3.8) is 0 Å². The van der Waals surface area contributed by atoms with E-state index in [4.69, 9.17) is 16.1 Å². The predicted molar refractivity (Wildman–Crippen MR) is 130 cm³/mol. The van der Waals surface area contributed by atoms with Crippen LogP contribution in [0.4, 0.5) is 0 Å². The summed E-state index contributed by atoms with van der Waals surface area (Å²) in [5.41, 5.74) is 3.24. The molecule has 1 atom stereocenters. The molecule has 0 bridgehead atoms. The maximum absolute atomic E-state index is 13.1. The van der Waals surface area contributed by atoms with Gasteiger partial charge >= 0.3 is 0 Å². The van der Waals surface area contributed by atoms with Crippen molar-refractivity contribution in [1.29, 1.82) is 0 Å². The highest BCUT2D eigenvalue weighted by Crippen LogP contribution is 2.27. The van der Waals surface area contributed by atoms with Gasteiger partial charge in [0.25, 0.3) is 0 Å². The van der Waals surface area contributed by atoms with E-state index in [2.05, 4.69) is 53.3 Å². The summed E-state index contributed by atoms with van der Waals surface area (Å²) in [6.45, 7) is 8.64. The number of hydrogen-bond acceptors (Lipinski definition) is 5. The minimum atomic E-state index is 0.0243. The largest absolute Gasteiger partial charge is 0.349 e. The summed E-state index contributed by atoms with van der Waals surface area (Å²) in [6.07, 6.45) is 1.64. The molecule has 0 saturated carbocycles. The number of nitrogens with zero attached hydrogens (tertiary/aromatic N) is 3. The molecule has 1 aliphatic rings. The molecule has 0 aliphatic carbocycles. The van der Waals surface area contributed by atoms with Crippen LogP contribution in [0.5, 0.6) is 0 Å². The molecular formula is C26H31ClN4O2. The van der Waals surface area contributed by atoms with Crippen LogP contribution in [0.1, 0.15) is 49.7 Å². The number of nitrogens with one attached hydrogen (secondary N) is 1. The number of benzene rings is 2. The fraction of sp³-hybridized carbons (Fsp3) is 0.423. The lowest BCUT2D eigenvalue weighted by Gasteiger charge is -2.32. The quantitative estimate of drug-likeness (QED) is 0.503. The Morgan fingerprint density at radius 3 is 2.64 bits per heavy atom. The third-order valence-electron chi connectivity index (χ3n) is 6.36. The van der Waals surface area contributed by atoms with Crippen molar-refractivity contribution in [3.05, 3.63) is 70.6 Å². The normalized spacial score (nSPS) is 16.2. The number of carbonyl (C=O) groups excluding carboxylic acids is 1. The third kappa shape index (κ3) is 5.81. The smallest absolute Gasteiger partial charge is 0.241 e. The van der Waals surface area contributed by atoms with Gasteiger partial charge in [0.15, 0.2) is 0 Å². The van der Waals surface area contributed by atoms with E-state index < -0.39 is 0 Å². The van der Waals surface area contributed by atoms with Gasteiger partial charge < -0.3 is 9.84 Å². The van der Waals surface area contributed by atoms with Crippen molar-refractivity contribution in [1.82, 2.24) is 20.4 Å². The van der Waals surface area contributed by atoms with Gasteiger partial charge in [0.1, 0.15) is 0 Å². The maximum atomic E-state index is 13.1. The number of halogens is 1. The van der Waals surface area contributed by atoms with Gasteiger partial charge in [-0.25, -0.2) is 0 Å². The standard InChI is InChI=1S/C26H31ClN4O2/c1-17(2)24(22-10-5-4-7-18(22)3)29-26(32)19-11-13-31(14-12-19)16-23-28-25(30-33-23)20-8-6-9-21(27)15-20/h4-10,15,17,19,24H,11-14,16H2,1-3H3,(H,29,32). The summed E-state index contributed by atoms with van der Waals surface area (Å²) < 4.78 is 5.45. The lowest BCUT2D eigenvalue weighted by atomic mass is 9.90. The molecule has 33 heavy (non-hydrogen) atoms. The second kappa shape index (κ2) is 10.5. The Kier molecular flexibility index (Phi) is 7.46. The second-order valence-electron chi connectivity index (χ2n) is 9.16. The van der Waals surface area contributed by atoms with Gasteiger partial charge in [-0.15, -0.1) is 0 Å². The maximum Gasteiger partial charge on any atom is 0.241 e. The Labute approximate surface area is 200 Å². The van der Waals surface area contributed by atoms with Crippen LogP contribution in [0, 0.1) is 18.8 Å². The summed E-state index contributed by atoms with van der Waals surface area (Å²) in [7, 11) is 0. The number of aryl methyl sites for hydroxylation is 1. The molecule has 6 nitrogen and oxygen atoms in total. The van der Waals surface area contributed by atoms with Crippen LogP contribution in [0.15, 0.2) is 53.1 Å². The van der Waals surface area contributed by atoms with Crippen molar-refractivity contribution in [2.45, 2.75) is 46.2 Å². The molecule has 1 aliphatic heterocycles. The van der Waals surface area contributed by atoms with Crippen LogP contribution >= 0.6 is 11.6 Å². The first kappa shape index (κ1) is 23.5. The molecule has 1 aromatic heterocycles. The highest BCUT2D eigenvalue weighted by molar-refractivity contribution is 6.30. The summed E-state index contributed by atoms with van der Waals surface area (Å²) in [4.78, 5) is 19.8. The summed E-state index contributed by atoms with van der Waals surface area (Å²) in [6, 6.07) is 15.7. The second-order valence-corrected chi connectivity index (χ2v) is 9.60. The van der Waals surface area contributed by atoms with Gasteiger partial charge in [-0.05, 0) is 62.0 Å². The first-order chi connectivity index (χ1) is 15.9. The average molecular weight is 467 g/mol. The van der Waals surface area contributed by atoms with Crippen molar-refractivity contribution in [2.75, 3.05) is 13.1 Å². The van der Waals surface area contributed by atoms with E-state index in [-0.39, 0.29) is 17.9 Å². The first-order valence-corrected chi connectivity index (χ1v) is 12.0. The minimum absolute atomic E-state index is 0.0243. The Morgan fingerprint density at radius 2 is 1.94 bits per heavy atom. The van der Waals surface area contributed by atoms with Crippen LogP contribution in [-0.4, -0.2) is 34.0 Å². The van der Waals surface area contributed by atoms with E-state index in [0.717, 1.165) is 31.5 Å². The molecule has 2 heterocycles. The number of amides is 1. The zero-order valence-corrected chi connectivity index (χ0v) is 20.2. The van der Waals surface area contributed by atoms with Crippen molar-refractivity contribution >= 4 is 17.5 Å². The van der Waals surface area contributed by atoms with Gasteiger partial charge in [0, 0.05) is 16.5 Å². The lowest BCUT2D eigenvalue weighted by Crippen LogP contribution is -2.42. The average Bonchev–Trinajstić information content (AvgIpc) is 3.27. The van der Waals surface area contributed by atoms with E-state index in [0.29, 0.717) is 29.2 Å². The van der Waals surface area contributed by atoms with Crippen LogP contribution < -0.4 is 5.32 Å². The molecule has 1 amide bonds. The van der Waals surface area contributed by atoms with E-state index in [1.54, 1.807) is 0 Å². The molecule has 174 valence electrons. The van der Waals surface area contributed by atoms with E-state index in [9.17, 15) is 4.79 Å². The van der Waals surface area contributed by atoms with Gasteiger partial charge in [0.2, 0.25) is 17.6 Å². The number of carbonyl (C=O) groups is 1. The molecule has 1 unspecified atom stereocenters. The molecule has 7 heteroatoms. The van der Waals surface area contributed by atoms with E-state index >= 15 is 0 Å². The fourth-order valence-electron chi connectivity index (χ4n) is 4.42. The molecule has 0 spiro atoms. The van der Waals surface area contributed by atoms with Gasteiger partial charge in [-0.2, -0.15) is 4.98 Å². The molecule has 1 saturated heterocycles. The summed E-state index contributed by atoms with van der Waals surface area (Å²) >= 11 is 6.06. The molecule has 3 aromatic rings. The van der Waals surface area contributed by atoms with Crippen molar-refractivity contribution in [2.24, 2.45) is 11.8 Å². The van der Waals surface area contributed by atoms with Crippen LogP contribution in [0.2, 0.25) is 5.02 Å². The molecule has 4 rings (SSSR count).